The summed E-state index contributed by atoms with van der Waals surface area (Å²) in [5.41, 5.74) is 3.16. The molecule has 0 fully saturated rings. The van der Waals surface area contributed by atoms with Crippen LogP contribution in [-0.2, 0) is 10.0 Å². The number of rotatable bonds is 8. The fourth-order valence-electron chi connectivity index (χ4n) is 1.79. The highest BCUT2D eigenvalue weighted by Crippen LogP contribution is 2.18. The van der Waals surface area contributed by atoms with Crippen molar-refractivity contribution in [3.63, 3.8) is 0 Å². The smallest absolute Gasteiger partial charge is 0.243 e. The van der Waals surface area contributed by atoms with Crippen LogP contribution in [0.2, 0.25) is 0 Å². The van der Waals surface area contributed by atoms with E-state index in [0.29, 0.717) is 30.2 Å². The van der Waals surface area contributed by atoms with Gasteiger partial charge in [0.25, 0.3) is 0 Å². The lowest BCUT2D eigenvalue weighted by molar-refractivity contribution is 0.333. The highest BCUT2D eigenvalue weighted by atomic mass is 32.2. The first-order valence-corrected chi connectivity index (χ1v) is 8.07. The fraction of sp³-hybridized carbons (Fsp3) is 0.538. The van der Waals surface area contributed by atoms with Gasteiger partial charge < -0.3 is 10.3 Å². The molecular formula is C13H24N4O2S. The van der Waals surface area contributed by atoms with Gasteiger partial charge in [-0.25, -0.2) is 8.42 Å². The van der Waals surface area contributed by atoms with Crippen molar-refractivity contribution in [1.82, 2.24) is 9.21 Å². The Morgan fingerprint density at radius 1 is 1.10 bits per heavy atom. The van der Waals surface area contributed by atoms with Crippen molar-refractivity contribution in [2.45, 2.75) is 18.2 Å². The van der Waals surface area contributed by atoms with Gasteiger partial charge in [-0.3, -0.25) is 5.84 Å². The maximum absolute atomic E-state index is 12.6. The van der Waals surface area contributed by atoms with E-state index in [2.05, 4.69) is 5.43 Å². The highest BCUT2D eigenvalue weighted by Gasteiger charge is 2.23. The van der Waals surface area contributed by atoms with Gasteiger partial charge in [0.1, 0.15) is 0 Å². The third-order valence-corrected chi connectivity index (χ3v) is 4.84. The van der Waals surface area contributed by atoms with E-state index in [-0.39, 0.29) is 0 Å². The van der Waals surface area contributed by atoms with Crippen LogP contribution in [-0.4, -0.2) is 51.4 Å². The predicted octanol–water partition coefficient (Wildman–Crippen LogP) is 0.935. The third-order valence-electron chi connectivity index (χ3n) is 2.93. The second kappa shape index (κ2) is 7.58. The molecule has 0 saturated heterocycles. The second-order valence-corrected chi connectivity index (χ2v) is 6.81. The largest absolute Gasteiger partial charge is 0.324 e. The van der Waals surface area contributed by atoms with E-state index in [4.69, 9.17) is 5.84 Å². The molecule has 20 heavy (non-hydrogen) atoms. The van der Waals surface area contributed by atoms with Gasteiger partial charge in [-0.05, 0) is 44.8 Å². The van der Waals surface area contributed by atoms with Crippen LogP contribution < -0.4 is 11.3 Å². The van der Waals surface area contributed by atoms with Gasteiger partial charge in [0.05, 0.1) is 4.90 Å². The van der Waals surface area contributed by atoms with Crippen LogP contribution in [0.1, 0.15) is 13.3 Å². The standard InChI is InChI=1S/C13H24N4O2S/c1-4-9-17(11-10-16(2)3)20(18,19)13-7-5-12(15-14)6-8-13/h5-8,15H,4,9-11,14H2,1-3H3. The third kappa shape index (κ3) is 4.45. The Balaban J connectivity index is 2.95. The zero-order chi connectivity index (χ0) is 15.2. The highest BCUT2D eigenvalue weighted by molar-refractivity contribution is 7.89. The van der Waals surface area contributed by atoms with Gasteiger partial charge in [0.2, 0.25) is 10.0 Å². The lowest BCUT2D eigenvalue weighted by atomic mass is 10.3. The lowest BCUT2D eigenvalue weighted by Crippen LogP contribution is -2.37. The molecule has 1 rings (SSSR count). The second-order valence-electron chi connectivity index (χ2n) is 4.88. The maximum atomic E-state index is 12.6. The predicted molar refractivity (Wildman–Crippen MR) is 81.9 cm³/mol. The van der Waals surface area contributed by atoms with Crippen LogP contribution in [0.15, 0.2) is 29.2 Å². The minimum Gasteiger partial charge on any atom is -0.324 e. The molecule has 0 radical (unpaired) electrons. The molecule has 0 unspecified atom stereocenters. The summed E-state index contributed by atoms with van der Waals surface area (Å²) in [6.07, 6.45) is 0.787. The van der Waals surface area contributed by atoms with E-state index in [1.54, 1.807) is 24.3 Å². The van der Waals surface area contributed by atoms with E-state index in [9.17, 15) is 8.42 Å². The van der Waals surface area contributed by atoms with Crippen LogP contribution in [0.3, 0.4) is 0 Å². The van der Waals surface area contributed by atoms with Gasteiger partial charge in [-0.2, -0.15) is 4.31 Å². The first-order chi connectivity index (χ1) is 9.41. The number of hydrogen-bond donors (Lipinski definition) is 2. The fourth-order valence-corrected chi connectivity index (χ4v) is 3.31. The molecule has 0 amide bonds. The van der Waals surface area contributed by atoms with E-state index >= 15 is 0 Å². The number of benzene rings is 1. The molecular weight excluding hydrogens is 276 g/mol. The van der Waals surface area contributed by atoms with Crippen molar-refractivity contribution < 1.29 is 8.42 Å². The lowest BCUT2D eigenvalue weighted by Gasteiger charge is -2.23. The first kappa shape index (κ1) is 16.9. The van der Waals surface area contributed by atoms with Gasteiger partial charge in [0.15, 0.2) is 0 Å². The molecule has 0 aromatic heterocycles. The SMILES string of the molecule is CCCN(CCN(C)C)S(=O)(=O)c1ccc(NN)cc1. The van der Waals surface area contributed by atoms with Gasteiger partial charge in [-0.15, -0.1) is 0 Å². The van der Waals surface area contributed by atoms with Crippen molar-refractivity contribution in [1.29, 1.82) is 0 Å². The Labute approximate surface area is 121 Å². The topological polar surface area (TPSA) is 78.7 Å². The summed E-state index contributed by atoms with van der Waals surface area (Å²) < 4.78 is 26.7. The average molecular weight is 300 g/mol. The van der Waals surface area contributed by atoms with Crippen molar-refractivity contribution in [3.8, 4) is 0 Å². The molecule has 0 aliphatic rings. The van der Waals surface area contributed by atoms with Gasteiger partial charge >= 0.3 is 0 Å². The summed E-state index contributed by atoms with van der Waals surface area (Å²) >= 11 is 0. The minimum atomic E-state index is -3.45. The summed E-state index contributed by atoms with van der Waals surface area (Å²) in [6, 6.07) is 6.46. The van der Waals surface area contributed by atoms with Crippen LogP contribution in [0.5, 0.6) is 0 Å². The Bertz CT molecular complexity index is 500. The average Bonchev–Trinajstić information content (AvgIpc) is 2.43. The Hall–Kier alpha value is -1.15. The number of nitrogen functional groups attached to an aromatic ring is 1. The van der Waals surface area contributed by atoms with Crippen LogP contribution in [0.25, 0.3) is 0 Å². The summed E-state index contributed by atoms with van der Waals surface area (Å²) in [4.78, 5) is 2.27. The Morgan fingerprint density at radius 2 is 1.70 bits per heavy atom. The van der Waals surface area contributed by atoms with E-state index in [0.717, 1.165) is 6.42 Å². The maximum Gasteiger partial charge on any atom is 0.243 e. The van der Waals surface area contributed by atoms with Crippen molar-refractivity contribution in [2.75, 3.05) is 39.2 Å². The number of hydrogen-bond acceptors (Lipinski definition) is 5. The van der Waals surface area contributed by atoms with Crippen molar-refractivity contribution in [3.05, 3.63) is 24.3 Å². The Morgan fingerprint density at radius 3 is 2.15 bits per heavy atom. The number of hydrazine groups is 1. The van der Waals surface area contributed by atoms with Crippen molar-refractivity contribution >= 4 is 15.7 Å². The monoisotopic (exact) mass is 300 g/mol. The first-order valence-electron chi connectivity index (χ1n) is 6.63. The summed E-state index contributed by atoms with van der Waals surface area (Å²) in [5.74, 6) is 5.28. The molecule has 7 heteroatoms. The Kier molecular flexibility index (Phi) is 6.41. The number of nitrogens with zero attached hydrogens (tertiary/aromatic N) is 2. The molecule has 1 aromatic rings. The zero-order valence-electron chi connectivity index (χ0n) is 12.3. The number of nitrogens with two attached hydrogens (primary N) is 1. The van der Waals surface area contributed by atoms with Crippen LogP contribution >= 0.6 is 0 Å². The van der Waals surface area contributed by atoms with Gasteiger partial charge in [0, 0.05) is 25.3 Å². The van der Waals surface area contributed by atoms with E-state index in [1.165, 1.54) is 4.31 Å². The van der Waals surface area contributed by atoms with Crippen LogP contribution in [0.4, 0.5) is 5.69 Å². The molecule has 0 atom stereocenters. The summed E-state index contributed by atoms with van der Waals surface area (Å²) in [5, 5.41) is 0. The number of anilines is 1. The molecule has 0 spiro atoms. The number of likely N-dealkylation sites (N-methyl/N-ethyl adjacent to an activating group) is 1. The molecule has 3 N–H and O–H groups in total. The zero-order valence-corrected chi connectivity index (χ0v) is 13.2. The quantitative estimate of drug-likeness (QED) is 0.552. The molecule has 6 nitrogen and oxygen atoms in total. The minimum absolute atomic E-state index is 0.295. The molecule has 0 heterocycles. The molecule has 0 aliphatic carbocycles. The van der Waals surface area contributed by atoms with Gasteiger partial charge in [-0.1, -0.05) is 6.92 Å². The molecule has 0 saturated carbocycles. The van der Waals surface area contributed by atoms with Crippen molar-refractivity contribution in [2.24, 2.45) is 5.84 Å². The van der Waals surface area contributed by atoms with Crippen LogP contribution in [0, 0.1) is 0 Å². The molecule has 114 valence electrons. The molecule has 0 bridgehead atoms. The molecule has 0 aliphatic heterocycles. The summed E-state index contributed by atoms with van der Waals surface area (Å²) in [6.45, 7) is 3.68. The number of nitrogens with one attached hydrogen (secondary N) is 1. The van der Waals surface area contributed by atoms with E-state index < -0.39 is 10.0 Å². The number of sulfonamides is 1. The normalized spacial score (nSPS) is 12.1. The van der Waals surface area contributed by atoms with E-state index in [1.807, 2.05) is 25.9 Å². The molecule has 1 aromatic carbocycles. The summed E-state index contributed by atoms with van der Waals surface area (Å²) in [7, 11) is 0.412.